The van der Waals surface area contributed by atoms with Crippen molar-refractivity contribution in [2.75, 3.05) is 5.32 Å². The van der Waals surface area contributed by atoms with E-state index in [1.54, 1.807) is 0 Å². The minimum atomic E-state index is -0.938. The summed E-state index contributed by atoms with van der Waals surface area (Å²) >= 11 is 0. The SMILES string of the molecule is O=C(O)c1ccnnc1NC12CC3CC(CC(C3)C1)C2. The van der Waals surface area contributed by atoms with Crippen molar-refractivity contribution in [1.29, 1.82) is 0 Å². The monoisotopic (exact) mass is 273 g/mol. The van der Waals surface area contributed by atoms with Crippen molar-refractivity contribution in [3.8, 4) is 0 Å². The van der Waals surface area contributed by atoms with Gasteiger partial charge in [-0.3, -0.25) is 0 Å². The largest absolute Gasteiger partial charge is 0.478 e. The summed E-state index contributed by atoms with van der Waals surface area (Å²) < 4.78 is 0. The number of carboxylic acids is 1. The van der Waals surface area contributed by atoms with Crippen LogP contribution in [-0.2, 0) is 0 Å². The summed E-state index contributed by atoms with van der Waals surface area (Å²) in [7, 11) is 0. The number of rotatable bonds is 3. The molecule has 0 saturated heterocycles. The minimum absolute atomic E-state index is 0.0645. The van der Waals surface area contributed by atoms with Crippen LogP contribution in [-0.4, -0.2) is 26.8 Å². The van der Waals surface area contributed by atoms with Gasteiger partial charge in [0.25, 0.3) is 0 Å². The smallest absolute Gasteiger partial charge is 0.339 e. The first kappa shape index (κ1) is 12.1. The van der Waals surface area contributed by atoms with E-state index >= 15 is 0 Å². The maximum Gasteiger partial charge on any atom is 0.339 e. The van der Waals surface area contributed by atoms with Gasteiger partial charge in [0.1, 0.15) is 5.56 Å². The van der Waals surface area contributed by atoms with E-state index in [9.17, 15) is 9.90 Å². The Bertz CT molecular complexity index is 523. The Morgan fingerprint density at radius 2 is 1.80 bits per heavy atom. The summed E-state index contributed by atoms with van der Waals surface area (Å²) in [5, 5.41) is 20.6. The Hall–Kier alpha value is -1.65. The van der Waals surface area contributed by atoms with E-state index in [1.807, 2.05) is 0 Å². The molecule has 0 atom stereocenters. The van der Waals surface area contributed by atoms with Crippen LogP contribution in [0.15, 0.2) is 12.3 Å². The minimum Gasteiger partial charge on any atom is -0.478 e. The fourth-order valence-electron chi connectivity index (χ4n) is 5.11. The van der Waals surface area contributed by atoms with Gasteiger partial charge in [0.2, 0.25) is 0 Å². The van der Waals surface area contributed by atoms with Gasteiger partial charge in [-0.1, -0.05) is 0 Å². The standard InChI is InChI=1S/C15H19N3O2/c19-14(20)12-1-2-16-18-13(12)17-15-6-9-3-10(7-15)5-11(4-9)8-15/h1-2,9-11H,3-8H2,(H,17,18)(H,19,20). The molecule has 0 spiro atoms. The topological polar surface area (TPSA) is 75.1 Å². The summed E-state index contributed by atoms with van der Waals surface area (Å²) in [6.07, 6.45) is 9.03. The molecular weight excluding hydrogens is 254 g/mol. The fourth-order valence-corrected chi connectivity index (χ4v) is 5.11. The van der Waals surface area contributed by atoms with Gasteiger partial charge < -0.3 is 10.4 Å². The lowest BCUT2D eigenvalue weighted by molar-refractivity contribution is 0.0104. The number of aromatic carboxylic acids is 1. The summed E-state index contributed by atoms with van der Waals surface area (Å²) in [5.41, 5.74) is 0.297. The Labute approximate surface area is 117 Å². The third kappa shape index (κ3) is 1.87. The molecule has 20 heavy (non-hydrogen) atoms. The molecule has 1 aromatic rings. The number of aromatic nitrogens is 2. The highest BCUT2D eigenvalue weighted by Gasteiger charge is 2.51. The van der Waals surface area contributed by atoms with Crippen molar-refractivity contribution in [1.82, 2.24) is 10.2 Å². The molecule has 1 heterocycles. The molecule has 4 saturated carbocycles. The normalized spacial score (nSPS) is 37.9. The zero-order chi connectivity index (χ0) is 13.7. The number of anilines is 1. The third-order valence-electron chi connectivity index (χ3n) is 5.37. The fraction of sp³-hybridized carbons (Fsp3) is 0.667. The van der Waals surface area contributed by atoms with Crippen molar-refractivity contribution >= 4 is 11.8 Å². The number of hydrogen-bond acceptors (Lipinski definition) is 4. The second kappa shape index (κ2) is 4.17. The van der Waals surface area contributed by atoms with Gasteiger partial charge in [0, 0.05) is 5.54 Å². The van der Waals surface area contributed by atoms with Gasteiger partial charge in [0.05, 0.1) is 6.20 Å². The van der Waals surface area contributed by atoms with Crippen LogP contribution in [0.25, 0.3) is 0 Å². The maximum atomic E-state index is 11.3. The lowest BCUT2D eigenvalue weighted by Gasteiger charge is -2.57. The van der Waals surface area contributed by atoms with E-state index in [0.717, 1.165) is 37.0 Å². The second-order valence-electron chi connectivity index (χ2n) is 6.92. The zero-order valence-corrected chi connectivity index (χ0v) is 11.4. The highest BCUT2D eigenvalue weighted by Crippen LogP contribution is 2.56. The van der Waals surface area contributed by atoms with Crippen LogP contribution in [0, 0.1) is 17.8 Å². The Morgan fingerprint density at radius 3 is 2.35 bits per heavy atom. The van der Waals surface area contributed by atoms with E-state index in [2.05, 4.69) is 15.5 Å². The van der Waals surface area contributed by atoms with Crippen molar-refractivity contribution in [3.05, 3.63) is 17.8 Å². The maximum absolute atomic E-state index is 11.3. The second-order valence-corrected chi connectivity index (χ2v) is 6.92. The quantitative estimate of drug-likeness (QED) is 0.885. The number of nitrogens with zero attached hydrogens (tertiary/aromatic N) is 2. The first-order chi connectivity index (χ1) is 9.63. The molecule has 4 aliphatic rings. The predicted octanol–water partition coefficient (Wildman–Crippen LogP) is 2.56. The molecule has 5 rings (SSSR count). The summed E-state index contributed by atoms with van der Waals surface area (Å²) in [6, 6.07) is 1.53. The van der Waals surface area contributed by atoms with E-state index in [-0.39, 0.29) is 11.1 Å². The lowest BCUT2D eigenvalue weighted by Crippen LogP contribution is -2.55. The molecule has 4 bridgehead atoms. The first-order valence-corrected chi connectivity index (χ1v) is 7.47. The van der Waals surface area contributed by atoms with Crippen LogP contribution < -0.4 is 5.32 Å². The van der Waals surface area contributed by atoms with Gasteiger partial charge in [-0.25, -0.2) is 4.79 Å². The Balaban J connectivity index is 1.64. The number of nitrogens with one attached hydrogen (secondary N) is 1. The van der Waals surface area contributed by atoms with Crippen molar-refractivity contribution in [2.45, 2.75) is 44.1 Å². The summed E-state index contributed by atoms with van der Waals surface area (Å²) in [4.78, 5) is 11.3. The Kier molecular flexibility index (Phi) is 2.53. The van der Waals surface area contributed by atoms with Crippen LogP contribution in [0.2, 0.25) is 0 Å². The van der Waals surface area contributed by atoms with Crippen LogP contribution in [0.1, 0.15) is 48.9 Å². The molecule has 0 aliphatic heterocycles. The number of carboxylic acid groups (broad SMARTS) is 1. The molecule has 1 aromatic heterocycles. The highest BCUT2D eigenvalue weighted by molar-refractivity contribution is 5.92. The van der Waals surface area contributed by atoms with E-state index in [0.29, 0.717) is 5.82 Å². The van der Waals surface area contributed by atoms with E-state index in [4.69, 9.17) is 0 Å². The summed E-state index contributed by atoms with van der Waals surface area (Å²) in [6.45, 7) is 0. The van der Waals surface area contributed by atoms with E-state index < -0.39 is 5.97 Å². The molecule has 2 N–H and O–H groups in total. The first-order valence-electron chi connectivity index (χ1n) is 7.47. The van der Waals surface area contributed by atoms with Gasteiger partial charge in [0.15, 0.2) is 5.82 Å². The molecule has 0 aromatic carbocycles. The highest BCUT2D eigenvalue weighted by atomic mass is 16.4. The number of hydrogen-bond donors (Lipinski definition) is 2. The number of carbonyl (C=O) groups is 1. The van der Waals surface area contributed by atoms with Crippen molar-refractivity contribution in [3.63, 3.8) is 0 Å². The van der Waals surface area contributed by atoms with Gasteiger partial charge >= 0.3 is 5.97 Å². The van der Waals surface area contributed by atoms with Crippen LogP contribution in [0.4, 0.5) is 5.82 Å². The molecule has 5 heteroatoms. The molecule has 0 radical (unpaired) electrons. The average Bonchev–Trinajstić information content (AvgIpc) is 2.36. The van der Waals surface area contributed by atoms with Crippen LogP contribution >= 0.6 is 0 Å². The molecular formula is C15H19N3O2. The third-order valence-corrected chi connectivity index (χ3v) is 5.37. The van der Waals surface area contributed by atoms with Crippen molar-refractivity contribution in [2.24, 2.45) is 17.8 Å². The Morgan fingerprint density at radius 1 is 1.20 bits per heavy atom. The van der Waals surface area contributed by atoms with Gasteiger partial charge in [-0.2, -0.15) is 5.10 Å². The molecule has 106 valence electrons. The summed E-state index contributed by atoms with van der Waals surface area (Å²) in [5.74, 6) is 1.96. The van der Waals surface area contributed by atoms with Gasteiger partial charge in [-0.15, -0.1) is 5.10 Å². The van der Waals surface area contributed by atoms with Crippen LogP contribution in [0.5, 0.6) is 0 Å². The predicted molar refractivity (Wildman–Crippen MR) is 73.5 cm³/mol. The molecule has 5 nitrogen and oxygen atoms in total. The average molecular weight is 273 g/mol. The van der Waals surface area contributed by atoms with Crippen molar-refractivity contribution < 1.29 is 9.90 Å². The molecule has 0 amide bonds. The van der Waals surface area contributed by atoms with Gasteiger partial charge in [-0.05, 0) is 62.3 Å². The molecule has 4 fully saturated rings. The lowest BCUT2D eigenvalue weighted by atomic mass is 9.53. The molecule has 0 unspecified atom stereocenters. The molecule has 4 aliphatic carbocycles. The van der Waals surface area contributed by atoms with E-state index in [1.165, 1.54) is 31.5 Å². The zero-order valence-electron chi connectivity index (χ0n) is 11.4. The van der Waals surface area contributed by atoms with Crippen LogP contribution in [0.3, 0.4) is 0 Å².